The van der Waals surface area contributed by atoms with Crippen molar-refractivity contribution < 1.29 is 14.7 Å². The van der Waals surface area contributed by atoms with Crippen molar-refractivity contribution >= 4 is 17.3 Å². The molecule has 0 saturated carbocycles. The molecule has 0 fully saturated rings. The third kappa shape index (κ3) is 3.52. The Kier molecular flexibility index (Phi) is 5.28. The molecule has 1 atom stereocenters. The number of rotatable bonds is 6. The van der Waals surface area contributed by atoms with Gasteiger partial charge in [0.1, 0.15) is 0 Å². The average molecular weight is 299 g/mol. The van der Waals surface area contributed by atoms with Gasteiger partial charge >= 0.3 is 0 Å². The van der Waals surface area contributed by atoms with E-state index in [4.69, 9.17) is 0 Å². The lowest BCUT2D eigenvalue weighted by atomic mass is 9.96. The van der Waals surface area contributed by atoms with Crippen LogP contribution >= 0.6 is 0 Å². The molecule has 0 bridgehead atoms. The van der Waals surface area contributed by atoms with E-state index in [-0.39, 0.29) is 0 Å². The Labute approximate surface area is 130 Å². The fraction of sp³-hybridized carbons (Fsp3) is 0.333. The van der Waals surface area contributed by atoms with Gasteiger partial charge in [0.05, 0.1) is 6.10 Å². The maximum Gasteiger partial charge on any atom is 0.233 e. The maximum absolute atomic E-state index is 12.2. The SMILES string of the molecule is CCN(CC)c1ccc(C(=O)C(=O)C2=CCC(O)C=C2)cc1. The number of carbonyl (C=O) groups excluding carboxylic acids is 2. The fourth-order valence-corrected chi connectivity index (χ4v) is 2.45. The van der Waals surface area contributed by atoms with Crippen LogP contribution < -0.4 is 4.90 Å². The second-order valence-electron chi connectivity index (χ2n) is 5.20. The first-order valence-electron chi connectivity index (χ1n) is 7.57. The highest BCUT2D eigenvalue weighted by Crippen LogP contribution is 2.18. The van der Waals surface area contributed by atoms with Crippen molar-refractivity contribution in [2.75, 3.05) is 18.0 Å². The van der Waals surface area contributed by atoms with Crippen LogP contribution in [0.4, 0.5) is 5.69 Å². The predicted octanol–water partition coefficient (Wildman–Crippen LogP) is 2.53. The molecule has 0 aliphatic heterocycles. The van der Waals surface area contributed by atoms with Gasteiger partial charge in [-0.25, -0.2) is 0 Å². The van der Waals surface area contributed by atoms with E-state index in [0.717, 1.165) is 18.8 Å². The normalized spacial score (nSPS) is 17.0. The zero-order valence-electron chi connectivity index (χ0n) is 13.0. The number of aliphatic hydroxyl groups is 1. The topological polar surface area (TPSA) is 57.6 Å². The van der Waals surface area contributed by atoms with Crippen LogP contribution in [0.1, 0.15) is 30.6 Å². The van der Waals surface area contributed by atoms with Gasteiger partial charge in [0, 0.05) is 29.9 Å². The van der Waals surface area contributed by atoms with Crippen molar-refractivity contribution in [2.24, 2.45) is 0 Å². The lowest BCUT2D eigenvalue weighted by molar-refractivity contribution is -0.111. The molecule has 0 heterocycles. The summed E-state index contributed by atoms with van der Waals surface area (Å²) in [5.41, 5.74) is 1.78. The van der Waals surface area contributed by atoms with E-state index in [9.17, 15) is 14.7 Å². The lowest BCUT2D eigenvalue weighted by Gasteiger charge is -2.21. The molecule has 1 aromatic carbocycles. The minimum absolute atomic E-state index is 0.350. The third-order valence-corrected chi connectivity index (χ3v) is 3.80. The quantitative estimate of drug-likeness (QED) is 0.648. The Balaban J connectivity index is 2.13. The van der Waals surface area contributed by atoms with Crippen LogP contribution in [0.2, 0.25) is 0 Å². The second-order valence-corrected chi connectivity index (χ2v) is 5.20. The molecule has 0 amide bonds. The van der Waals surface area contributed by atoms with Crippen LogP contribution in [0.5, 0.6) is 0 Å². The zero-order chi connectivity index (χ0) is 16.1. The van der Waals surface area contributed by atoms with Crippen molar-refractivity contribution in [3.05, 3.63) is 53.6 Å². The first-order chi connectivity index (χ1) is 10.6. The van der Waals surface area contributed by atoms with Crippen molar-refractivity contribution in [2.45, 2.75) is 26.4 Å². The average Bonchev–Trinajstić information content (AvgIpc) is 2.56. The minimum Gasteiger partial charge on any atom is -0.389 e. The molecule has 0 aromatic heterocycles. The van der Waals surface area contributed by atoms with Crippen molar-refractivity contribution in [3.63, 3.8) is 0 Å². The monoisotopic (exact) mass is 299 g/mol. The molecule has 4 nitrogen and oxygen atoms in total. The Morgan fingerprint density at radius 3 is 2.27 bits per heavy atom. The van der Waals surface area contributed by atoms with Gasteiger partial charge in [0.15, 0.2) is 0 Å². The number of ketones is 2. The fourth-order valence-electron chi connectivity index (χ4n) is 2.45. The second kappa shape index (κ2) is 7.18. The summed E-state index contributed by atoms with van der Waals surface area (Å²) < 4.78 is 0. The lowest BCUT2D eigenvalue weighted by Crippen LogP contribution is -2.22. The number of nitrogens with zero attached hydrogens (tertiary/aromatic N) is 1. The van der Waals surface area contributed by atoms with Gasteiger partial charge in [0.2, 0.25) is 11.6 Å². The Hall–Kier alpha value is -2.20. The molecule has 1 unspecified atom stereocenters. The van der Waals surface area contributed by atoms with E-state index in [1.807, 2.05) is 12.1 Å². The molecule has 2 rings (SSSR count). The number of Topliss-reactive ketones (excluding diaryl/α,β-unsaturated/α-hetero) is 2. The third-order valence-electron chi connectivity index (χ3n) is 3.80. The standard InChI is InChI=1S/C18H21NO3/c1-3-19(4-2)15-9-5-13(6-10-15)17(21)18(22)14-7-11-16(20)12-8-14/h5-11,16,20H,3-4,12H2,1-2H3. The minimum atomic E-state index is -0.569. The van der Waals surface area contributed by atoms with Crippen LogP contribution in [0.15, 0.2) is 48.1 Å². The molecule has 22 heavy (non-hydrogen) atoms. The summed E-state index contributed by atoms with van der Waals surface area (Å²) >= 11 is 0. The van der Waals surface area contributed by atoms with Crippen molar-refractivity contribution in [1.82, 2.24) is 0 Å². The van der Waals surface area contributed by atoms with Crippen molar-refractivity contribution in [1.29, 1.82) is 0 Å². The number of benzene rings is 1. The van der Waals surface area contributed by atoms with Crippen LogP contribution in [0.25, 0.3) is 0 Å². The molecule has 1 aliphatic rings. The summed E-state index contributed by atoms with van der Waals surface area (Å²) in [4.78, 5) is 26.6. The van der Waals surface area contributed by atoms with E-state index in [0.29, 0.717) is 17.6 Å². The maximum atomic E-state index is 12.2. The number of aliphatic hydroxyl groups excluding tert-OH is 1. The van der Waals surface area contributed by atoms with E-state index >= 15 is 0 Å². The number of hydrogen-bond acceptors (Lipinski definition) is 4. The summed E-state index contributed by atoms with van der Waals surface area (Å²) in [5, 5.41) is 9.36. The molecular formula is C18H21NO3. The van der Waals surface area contributed by atoms with Crippen LogP contribution in [0.3, 0.4) is 0 Å². The molecule has 0 spiro atoms. The molecule has 1 aromatic rings. The van der Waals surface area contributed by atoms with Gasteiger partial charge in [-0.2, -0.15) is 0 Å². The van der Waals surface area contributed by atoms with E-state index < -0.39 is 17.7 Å². The molecule has 1 N–H and O–H groups in total. The summed E-state index contributed by atoms with van der Waals surface area (Å²) in [5.74, 6) is -1.04. The highest BCUT2D eigenvalue weighted by atomic mass is 16.3. The number of carbonyl (C=O) groups is 2. The molecule has 0 radical (unpaired) electrons. The molecule has 0 saturated heterocycles. The smallest absolute Gasteiger partial charge is 0.233 e. The van der Waals surface area contributed by atoms with Gasteiger partial charge in [-0.3, -0.25) is 9.59 Å². The van der Waals surface area contributed by atoms with Crippen LogP contribution in [0, 0.1) is 0 Å². The first kappa shape index (κ1) is 16.2. The number of allylic oxidation sites excluding steroid dienone is 2. The molecular weight excluding hydrogens is 278 g/mol. The van der Waals surface area contributed by atoms with Gasteiger partial charge in [-0.05, 0) is 44.5 Å². The summed E-state index contributed by atoms with van der Waals surface area (Å²) in [7, 11) is 0. The molecule has 1 aliphatic carbocycles. The Morgan fingerprint density at radius 2 is 1.77 bits per heavy atom. The summed E-state index contributed by atoms with van der Waals surface area (Å²) in [6, 6.07) is 7.11. The van der Waals surface area contributed by atoms with Gasteiger partial charge in [-0.15, -0.1) is 0 Å². The van der Waals surface area contributed by atoms with Gasteiger partial charge in [0.25, 0.3) is 0 Å². The van der Waals surface area contributed by atoms with E-state index in [1.54, 1.807) is 18.2 Å². The largest absolute Gasteiger partial charge is 0.389 e. The molecule has 4 heteroatoms. The van der Waals surface area contributed by atoms with E-state index in [2.05, 4.69) is 18.7 Å². The predicted molar refractivity (Wildman–Crippen MR) is 87.2 cm³/mol. The Morgan fingerprint density at radius 1 is 1.14 bits per heavy atom. The number of anilines is 1. The molecule has 116 valence electrons. The van der Waals surface area contributed by atoms with Crippen LogP contribution in [-0.2, 0) is 4.79 Å². The van der Waals surface area contributed by atoms with Crippen LogP contribution in [-0.4, -0.2) is 35.9 Å². The van der Waals surface area contributed by atoms with Gasteiger partial charge < -0.3 is 10.0 Å². The van der Waals surface area contributed by atoms with Gasteiger partial charge in [-0.1, -0.05) is 18.2 Å². The van der Waals surface area contributed by atoms with E-state index in [1.165, 1.54) is 12.2 Å². The Bertz CT molecular complexity index is 610. The number of hydrogen-bond donors (Lipinski definition) is 1. The first-order valence-corrected chi connectivity index (χ1v) is 7.57. The summed E-state index contributed by atoms with van der Waals surface area (Å²) in [6.07, 6.45) is 4.45. The highest BCUT2D eigenvalue weighted by molar-refractivity contribution is 6.49. The highest BCUT2D eigenvalue weighted by Gasteiger charge is 2.21. The zero-order valence-corrected chi connectivity index (χ0v) is 13.0. The summed E-state index contributed by atoms with van der Waals surface area (Å²) in [6.45, 7) is 5.93. The van der Waals surface area contributed by atoms with Crippen molar-refractivity contribution in [3.8, 4) is 0 Å².